The zero-order chi connectivity index (χ0) is 15.1. The molecule has 0 bridgehead atoms. The Balaban J connectivity index is 3.15. The van der Waals surface area contributed by atoms with Gasteiger partial charge in [-0.05, 0) is 18.8 Å². The molecule has 0 spiro atoms. The molecule has 0 heterocycles. The van der Waals surface area contributed by atoms with Crippen molar-refractivity contribution in [3.8, 4) is 0 Å². The van der Waals surface area contributed by atoms with Crippen LogP contribution in [-0.4, -0.2) is 12.6 Å². The van der Waals surface area contributed by atoms with Gasteiger partial charge in [0.2, 0.25) is 0 Å². The first-order chi connectivity index (χ1) is 9.66. The molecule has 0 aromatic carbocycles. The topological polar surface area (TPSA) is 26.3 Å². The SMILES string of the molecule is CCCCCCCCCCOC(=O)CCCCC(C)C. The van der Waals surface area contributed by atoms with Crippen LogP contribution in [0.2, 0.25) is 0 Å². The first kappa shape index (κ1) is 19.5. The molecule has 0 rings (SSSR count). The molecule has 0 amide bonds. The fourth-order valence-electron chi connectivity index (χ4n) is 2.32. The van der Waals surface area contributed by atoms with Gasteiger partial charge in [0.05, 0.1) is 6.61 Å². The van der Waals surface area contributed by atoms with Crippen LogP contribution in [0, 0.1) is 5.92 Å². The summed E-state index contributed by atoms with van der Waals surface area (Å²) in [6, 6.07) is 0. The molecule has 0 atom stereocenters. The quantitative estimate of drug-likeness (QED) is 0.294. The van der Waals surface area contributed by atoms with Crippen LogP contribution in [-0.2, 0) is 9.53 Å². The highest BCUT2D eigenvalue weighted by Gasteiger charge is 2.03. The number of ether oxygens (including phenoxy) is 1. The highest BCUT2D eigenvalue weighted by molar-refractivity contribution is 5.69. The van der Waals surface area contributed by atoms with Crippen LogP contribution < -0.4 is 0 Å². The fourth-order valence-corrected chi connectivity index (χ4v) is 2.32. The maximum absolute atomic E-state index is 11.5. The average molecular weight is 284 g/mol. The molecule has 0 aliphatic carbocycles. The van der Waals surface area contributed by atoms with Crippen LogP contribution in [0.15, 0.2) is 0 Å². The van der Waals surface area contributed by atoms with Crippen molar-refractivity contribution in [2.24, 2.45) is 5.92 Å². The number of rotatable bonds is 14. The van der Waals surface area contributed by atoms with Gasteiger partial charge < -0.3 is 4.74 Å². The van der Waals surface area contributed by atoms with E-state index in [4.69, 9.17) is 4.74 Å². The summed E-state index contributed by atoms with van der Waals surface area (Å²) in [4.78, 5) is 11.5. The smallest absolute Gasteiger partial charge is 0.305 e. The second-order valence-electron chi connectivity index (χ2n) is 6.33. The van der Waals surface area contributed by atoms with Gasteiger partial charge in [0, 0.05) is 6.42 Å². The van der Waals surface area contributed by atoms with Crippen LogP contribution in [0.25, 0.3) is 0 Å². The lowest BCUT2D eigenvalue weighted by molar-refractivity contribution is -0.143. The molecular weight excluding hydrogens is 248 g/mol. The molecule has 0 saturated heterocycles. The first-order valence-corrected chi connectivity index (χ1v) is 8.82. The van der Waals surface area contributed by atoms with E-state index in [9.17, 15) is 4.79 Å². The zero-order valence-electron chi connectivity index (χ0n) is 14.1. The largest absolute Gasteiger partial charge is 0.466 e. The molecule has 0 unspecified atom stereocenters. The predicted molar refractivity (Wildman–Crippen MR) is 86.9 cm³/mol. The summed E-state index contributed by atoms with van der Waals surface area (Å²) < 4.78 is 5.26. The molecule has 20 heavy (non-hydrogen) atoms. The lowest BCUT2D eigenvalue weighted by atomic mass is 10.1. The Labute approximate surface area is 126 Å². The van der Waals surface area contributed by atoms with Gasteiger partial charge in [0.1, 0.15) is 0 Å². The lowest BCUT2D eigenvalue weighted by Gasteiger charge is -2.06. The van der Waals surface area contributed by atoms with Gasteiger partial charge >= 0.3 is 5.97 Å². The van der Waals surface area contributed by atoms with Crippen LogP contribution >= 0.6 is 0 Å². The van der Waals surface area contributed by atoms with E-state index in [2.05, 4.69) is 20.8 Å². The molecule has 0 aromatic heterocycles. The Bertz CT molecular complexity index is 211. The minimum absolute atomic E-state index is 0.00305. The normalized spacial score (nSPS) is 11.0. The molecule has 2 heteroatoms. The Kier molecular flexibility index (Phi) is 14.5. The van der Waals surface area contributed by atoms with Gasteiger partial charge in [-0.15, -0.1) is 0 Å². The third kappa shape index (κ3) is 15.5. The molecular formula is C18H36O2. The van der Waals surface area contributed by atoms with Crippen LogP contribution in [0.4, 0.5) is 0 Å². The minimum Gasteiger partial charge on any atom is -0.466 e. The van der Waals surface area contributed by atoms with Gasteiger partial charge in [-0.1, -0.05) is 78.6 Å². The van der Waals surface area contributed by atoms with E-state index in [-0.39, 0.29) is 5.97 Å². The second kappa shape index (κ2) is 14.9. The summed E-state index contributed by atoms with van der Waals surface area (Å²) in [6.45, 7) is 7.32. The summed E-state index contributed by atoms with van der Waals surface area (Å²) in [6.07, 6.45) is 14.2. The molecule has 120 valence electrons. The van der Waals surface area contributed by atoms with Crippen molar-refractivity contribution >= 4 is 5.97 Å². The van der Waals surface area contributed by atoms with E-state index in [0.717, 1.165) is 25.2 Å². The minimum atomic E-state index is -0.00305. The summed E-state index contributed by atoms with van der Waals surface area (Å²) in [7, 11) is 0. The number of carbonyl (C=O) groups excluding carboxylic acids is 1. The van der Waals surface area contributed by atoms with Gasteiger partial charge in [-0.25, -0.2) is 0 Å². The zero-order valence-corrected chi connectivity index (χ0v) is 14.1. The summed E-state index contributed by atoms with van der Waals surface area (Å²) >= 11 is 0. The van der Waals surface area contributed by atoms with Crippen LogP contribution in [0.5, 0.6) is 0 Å². The lowest BCUT2D eigenvalue weighted by Crippen LogP contribution is -2.05. The molecule has 0 aliphatic rings. The Morgan fingerprint density at radius 2 is 1.45 bits per heavy atom. The van der Waals surface area contributed by atoms with Gasteiger partial charge in [0.25, 0.3) is 0 Å². The number of hydrogen-bond donors (Lipinski definition) is 0. The highest BCUT2D eigenvalue weighted by Crippen LogP contribution is 2.10. The van der Waals surface area contributed by atoms with Crippen molar-refractivity contribution in [2.45, 2.75) is 97.8 Å². The third-order valence-electron chi connectivity index (χ3n) is 3.67. The summed E-state index contributed by atoms with van der Waals surface area (Å²) in [5.74, 6) is 0.736. The fraction of sp³-hybridized carbons (Fsp3) is 0.944. The molecule has 0 radical (unpaired) electrons. The Morgan fingerprint density at radius 3 is 2.05 bits per heavy atom. The first-order valence-electron chi connectivity index (χ1n) is 8.82. The maximum atomic E-state index is 11.5. The molecule has 0 aliphatic heterocycles. The van der Waals surface area contributed by atoms with E-state index in [0.29, 0.717) is 13.0 Å². The maximum Gasteiger partial charge on any atom is 0.305 e. The Hall–Kier alpha value is -0.530. The van der Waals surface area contributed by atoms with E-state index >= 15 is 0 Å². The second-order valence-corrected chi connectivity index (χ2v) is 6.33. The van der Waals surface area contributed by atoms with Crippen molar-refractivity contribution in [3.63, 3.8) is 0 Å². The number of carbonyl (C=O) groups is 1. The van der Waals surface area contributed by atoms with Gasteiger partial charge in [-0.2, -0.15) is 0 Å². The van der Waals surface area contributed by atoms with Crippen molar-refractivity contribution in [3.05, 3.63) is 0 Å². The number of hydrogen-bond acceptors (Lipinski definition) is 2. The van der Waals surface area contributed by atoms with Crippen molar-refractivity contribution in [1.82, 2.24) is 0 Å². The van der Waals surface area contributed by atoms with Gasteiger partial charge in [0.15, 0.2) is 0 Å². The molecule has 2 nitrogen and oxygen atoms in total. The molecule has 0 saturated carbocycles. The van der Waals surface area contributed by atoms with Crippen LogP contribution in [0.3, 0.4) is 0 Å². The summed E-state index contributed by atoms with van der Waals surface area (Å²) in [5.41, 5.74) is 0. The molecule has 0 aromatic rings. The standard InChI is InChI=1S/C18H36O2/c1-4-5-6-7-8-9-10-13-16-20-18(19)15-12-11-14-17(2)3/h17H,4-16H2,1-3H3. The van der Waals surface area contributed by atoms with Crippen molar-refractivity contribution in [1.29, 1.82) is 0 Å². The highest BCUT2D eigenvalue weighted by atomic mass is 16.5. The van der Waals surface area contributed by atoms with Crippen molar-refractivity contribution < 1.29 is 9.53 Å². The van der Waals surface area contributed by atoms with Gasteiger partial charge in [-0.3, -0.25) is 4.79 Å². The predicted octanol–water partition coefficient (Wildman–Crippen LogP) is 5.89. The van der Waals surface area contributed by atoms with E-state index in [1.807, 2.05) is 0 Å². The molecule has 0 N–H and O–H groups in total. The summed E-state index contributed by atoms with van der Waals surface area (Å²) in [5, 5.41) is 0. The van der Waals surface area contributed by atoms with E-state index < -0.39 is 0 Å². The van der Waals surface area contributed by atoms with E-state index in [1.165, 1.54) is 51.4 Å². The van der Waals surface area contributed by atoms with Crippen LogP contribution in [0.1, 0.15) is 97.8 Å². The van der Waals surface area contributed by atoms with Crippen molar-refractivity contribution in [2.75, 3.05) is 6.61 Å². The number of esters is 1. The third-order valence-corrected chi connectivity index (χ3v) is 3.67. The average Bonchev–Trinajstić information content (AvgIpc) is 2.41. The Morgan fingerprint density at radius 1 is 0.850 bits per heavy atom. The monoisotopic (exact) mass is 284 g/mol. The molecule has 0 fully saturated rings. The van der Waals surface area contributed by atoms with E-state index in [1.54, 1.807) is 0 Å². The number of unbranched alkanes of at least 4 members (excludes halogenated alkanes) is 8.